The molecular weight excluding hydrogens is 208 g/mol. The van der Waals surface area contributed by atoms with E-state index in [0.717, 1.165) is 13.1 Å². The number of rotatable bonds is 5. The smallest absolute Gasteiger partial charge is 0.0692 e. The molecule has 1 atom stereocenters. The van der Waals surface area contributed by atoms with Gasteiger partial charge in [-0.3, -0.25) is 4.68 Å². The Bertz CT molecular complexity index is 368. The summed E-state index contributed by atoms with van der Waals surface area (Å²) in [5, 5.41) is 15.4. The van der Waals surface area contributed by atoms with Gasteiger partial charge in [-0.1, -0.05) is 5.21 Å². The van der Waals surface area contributed by atoms with Gasteiger partial charge in [0.2, 0.25) is 0 Å². The third-order valence-corrected chi connectivity index (χ3v) is 3.01. The minimum Gasteiger partial charge on any atom is -0.308 e. The molecule has 0 spiro atoms. The molecule has 2 heterocycles. The Morgan fingerprint density at radius 3 is 3.20 bits per heavy atom. The van der Waals surface area contributed by atoms with E-state index in [0.29, 0.717) is 6.04 Å². The number of hydrogen-bond acceptors (Lipinski definition) is 4. The second kappa shape index (κ2) is 5.04. The molecule has 0 aliphatic rings. The highest BCUT2D eigenvalue weighted by atomic mass is 32.1. The van der Waals surface area contributed by atoms with E-state index in [2.05, 4.69) is 39.4 Å². The summed E-state index contributed by atoms with van der Waals surface area (Å²) in [6.07, 6.45) is 3.57. The zero-order chi connectivity index (χ0) is 10.5. The minimum atomic E-state index is 0.403. The normalized spacial score (nSPS) is 12.9. The van der Waals surface area contributed by atoms with E-state index in [9.17, 15) is 0 Å². The summed E-state index contributed by atoms with van der Waals surface area (Å²) < 4.78 is 1.83. The number of nitrogens with zero attached hydrogens (tertiary/aromatic N) is 3. The summed E-state index contributed by atoms with van der Waals surface area (Å²) >= 11 is 1.73. The van der Waals surface area contributed by atoms with Gasteiger partial charge >= 0.3 is 0 Å². The lowest BCUT2D eigenvalue weighted by Gasteiger charge is -2.11. The van der Waals surface area contributed by atoms with Gasteiger partial charge in [0, 0.05) is 18.8 Å². The van der Waals surface area contributed by atoms with Crippen molar-refractivity contribution in [2.24, 2.45) is 0 Å². The lowest BCUT2D eigenvalue weighted by Crippen LogP contribution is -2.23. The van der Waals surface area contributed by atoms with Crippen molar-refractivity contribution in [1.82, 2.24) is 20.3 Å². The third-order valence-electron chi connectivity index (χ3n) is 2.31. The highest BCUT2D eigenvalue weighted by Crippen LogP contribution is 2.14. The molecule has 1 unspecified atom stereocenters. The Balaban J connectivity index is 1.74. The highest BCUT2D eigenvalue weighted by Gasteiger charge is 2.03. The molecule has 1 N–H and O–H groups in total. The maximum atomic E-state index is 3.90. The first kappa shape index (κ1) is 10.3. The van der Waals surface area contributed by atoms with Gasteiger partial charge < -0.3 is 5.32 Å². The van der Waals surface area contributed by atoms with Gasteiger partial charge in [0.15, 0.2) is 0 Å². The van der Waals surface area contributed by atoms with Crippen LogP contribution in [0.2, 0.25) is 0 Å². The van der Waals surface area contributed by atoms with Gasteiger partial charge in [-0.25, -0.2) is 0 Å². The van der Waals surface area contributed by atoms with Gasteiger partial charge in [0.1, 0.15) is 0 Å². The van der Waals surface area contributed by atoms with Crippen LogP contribution in [0.15, 0.2) is 29.2 Å². The molecule has 0 saturated carbocycles. The summed E-state index contributed by atoms with van der Waals surface area (Å²) in [6, 6.07) is 2.55. The average molecular weight is 222 g/mol. The summed E-state index contributed by atoms with van der Waals surface area (Å²) in [6.45, 7) is 3.93. The Morgan fingerprint density at radius 2 is 2.53 bits per heavy atom. The van der Waals surface area contributed by atoms with Crippen molar-refractivity contribution < 1.29 is 0 Å². The second-order valence-corrected chi connectivity index (χ2v) is 4.18. The Hall–Kier alpha value is -1.20. The van der Waals surface area contributed by atoms with Crippen molar-refractivity contribution in [2.75, 3.05) is 6.54 Å². The van der Waals surface area contributed by atoms with Crippen LogP contribution in [-0.4, -0.2) is 21.5 Å². The molecule has 2 rings (SSSR count). The quantitative estimate of drug-likeness (QED) is 0.837. The van der Waals surface area contributed by atoms with Crippen molar-refractivity contribution >= 4 is 11.3 Å². The zero-order valence-corrected chi connectivity index (χ0v) is 9.44. The van der Waals surface area contributed by atoms with Crippen molar-refractivity contribution in [3.63, 3.8) is 0 Å². The molecule has 5 heteroatoms. The number of nitrogens with one attached hydrogen (secondary N) is 1. The number of hydrogen-bond donors (Lipinski definition) is 1. The Morgan fingerprint density at radius 1 is 1.60 bits per heavy atom. The van der Waals surface area contributed by atoms with Crippen LogP contribution in [0, 0.1) is 0 Å². The van der Waals surface area contributed by atoms with Crippen molar-refractivity contribution in [1.29, 1.82) is 0 Å². The van der Waals surface area contributed by atoms with E-state index in [4.69, 9.17) is 0 Å². The van der Waals surface area contributed by atoms with E-state index in [1.165, 1.54) is 5.56 Å². The molecule has 4 nitrogen and oxygen atoms in total. The monoisotopic (exact) mass is 222 g/mol. The fraction of sp³-hybridized carbons (Fsp3) is 0.400. The van der Waals surface area contributed by atoms with Crippen LogP contribution in [-0.2, 0) is 6.54 Å². The zero-order valence-electron chi connectivity index (χ0n) is 8.63. The molecule has 15 heavy (non-hydrogen) atoms. The van der Waals surface area contributed by atoms with E-state index < -0.39 is 0 Å². The third kappa shape index (κ3) is 2.87. The van der Waals surface area contributed by atoms with Crippen molar-refractivity contribution in [3.8, 4) is 0 Å². The molecule has 0 saturated heterocycles. The second-order valence-electron chi connectivity index (χ2n) is 3.40. The Labute approximate surface area is 92.9 Å². The van der Waals surface area contributed by atoms with Crippen LogP contribution in [0.1, 0.15) is 18.5 Å². The van der Waals surface area contributed by atoms with Crippen LogP contribution in [0.4, 0.5) is 0 Å². The number of aromatic nitrogens is 3. The largest absolute Gasteiger partial charge is 0.308 e. The fourth-order valence-electron chi connectivity index (χ4n) is 1.39. The summed E-state index contributed by atoms with van der Waals surface area (Å²) in [4.78, 5) is 0. The molecule has 0 radical (unpaired) electrons. The summed E-state index contributed by atoms with van der Waals surface area (Å²) in [7, 11) is 0. The topological polar surface area (TPSA) is 42.7 Å². The molecular formula is C10H14N4S. The molecule has 0 aliphatic carbocycles. The lowest BCUT2D eigenvalue weighted by molar-refractivity contribution is 0.500. The molecule has 0 aromatic carbocycles. The Kier molecular flexibility index (Phi) is 3.47. The van der Waals surface area contributed by atoms with E-state index >= 15 is 0 Å². The first-order chi connectivity index (χ1) is 7.36. The standard InChI is InChI=1S/C10H14N4S/c1-9(10-2-7-15-8-10)11-3-5-14-6-4-12-13-14/h2,4,6-9,11H,3,5H2,1H3. The predicted molar refractivity (Wildman–Crippen MR) is 60.8 cm³/mol. The first-order valence-corrected chi connectivity index (χ1v) is 5.90. The predicted octanol–water partition coefficient (Wildman–Crippen LogP) is 1.69. The first-order valence-electron chi connectivity index (χ1n) is 4.96. The molecule has 80 valence electrons. The van der Waals surface area contributed by atoms with E-state index in [-0.39, 0.29) is 0 Å². The summed E-state index contributed by atoms with van der Waals surface area (Å²) in [5.74, 6) is 0. The molecule has 0 bridgehead atoms. The minimum absolute atomic E-state index is 0.403. The van der Waals surface area contributed by atoms with Gasteiger partial charge in [-0.15, -0.1) is 5.10 Å². The molecule has 0 fully saturated rings. The maximum Gasteiger partial charge on any atom is 0.0692 e. The van der Waals surface area contributed by atoms with Gasteiger partial charge in [0.05, 0.1) is 12.7 Å². The highest BCUT2D eigenvalue weighted by molar-refractivity contribution is 7.07. The van der Waals surface area contributed by atoms with Crippen LogP contribution in [0.3, 0.4) is 0 Å². The lowest BCUT2D eigenvalue weighted by atomic mass is 10.2. The molecule has 0 amide bonds. The van der Waals surface area contributed by atoms with Crippen LogP contribution >= 0.6 is 11.3 Å². The van der Waals surface area contributed by atoms with Gasteiger partial charge in [-0.05, 0) is 29.3 Å². The number of thiophene rings is 1. The van der Waals surface area contributed by atoms with Crippen LogP contribution in [0.5, 0.6) is 0 Å². The van der Waals surface area contributed by atoms with E-state index in [1.54, 1.807) is 17.5 Å². The van der Waals surface area contributed by atoms with Gasteiger partial charge in [-0.2, -0.15) is 11.3 Å². The van der Waals surface area contributed by atoms with Crippen molar-refractivity contribution in [2.45, 2.75) is 19.5 Å². The molecule has 0 aliphatic heterocycles. The maximum absolute atomic E-state index is 3.90. The molecule has 2 aromatic heterocycles. The van der Waals surface area contributed by atoms with Gasteiger partial charge in [0.25, 0.3) is 0 Å². The SMILES string of the molecule is CC(NCCn1ccnn1)c1ccsc1. The molecule has 2 aromatic rings. The van der Waals surface area contributed by atoms with Crippen LogP contribution in [0.25, 0.3) is 0 Å². The van der Waals surface area contributed by atoms with E-state index in [1.807, 2.05) is 10.9 Å². The summed E-state index contributed by atoms with van der Waals surface area (Å²) in [5.41, 5.74) is 1.35. The van der Waals surface area contributed by atoms with Crippen molar-refractivity contribution in [3.05, 3.63) is 34.8 Å². The van der Waals surface area contributed by atoms with Crippen LogP contribution < -0.4 is 5.32 Å². The average Bonchev–Trinajstić information content (AvgIpc) is 2.90. The fourth-order valence-corrected chi connectivity index (χ4v) is 2.14.